The van der Waals surface area contributed by atoms with Crippen molar-refractivity contribution >= 4 is 12.6 Å². The number of hydrogen-bond acceptors (Lipinski definition) is 1. The molecule has 0 rings (SSSR count). The lowest BCUT2D eigenvalue weighted by Crippen LogP contribution is -2.23. The molecule has 74 valence electrons. The number of hydrogen-bond donors (Lipinski definition) is 1. The molecule has 0 radical (unpaired) electrons. The molecule has 0 bridgehead atoms. The summed E-state index contributed by atoms with van der Waals surface area (Å²) in [4.78, 5) is 0. The Labute approximate surface area is 83.5 Å². The van der Waals surface area contributed by atoms with Crippen LogP contribution < -0.4 is 0 Å². The Bertz CT molecular complexity index is 99.6. The third kappa shape index (κ3) is 3.84. The van der Waals surface area contributed by atoms with Crippen LogP contribution in [0.2, 0.25) is 0 Å². The van der Waals surface area contributed by atoms with Gasteiger partial charge in [-0.3, -0.25) is 0 Å². The molecule has 1 unspecified atom stereocenters. The van der Waals surface area contributed by atoms with Gasteiger partial charge in [-0.25, -0.2) is 0 Å². The molecule has 0 fully saturated rings. The molecule has 0 saturated carbocycles. The van der Waals surface area contributed by atoms with Crippen molar-refractivity contribution in [2.75, 3.05) is 5.75 Å². The van der Waals surface area contributed by atoms with Gasteiger partial charge in [0.2, 0.25) is 0 Å². The molecular formula is C11H24S. The highest BCUT2D eigenvalue weighted by Crippen LogP contribution is 2.30. The lowest BCUT2D eigenvalue weighted by Gasteiger charge is -2.30. The molecule has 1 atom stereocenters. The first-order valence-electron chi connectivity index (χ1n) is 5.11. The number of thiol groups is 1. The average Bonchev–Trinajstić information content (AvgIpc) is 1.85. The number of rotatable bonds is 5. The van der Waals surface area contributed by atoms with Gasteiger partial charge < -0.3 is 0 Å². The topological polar surface area (TPSA) is 0 Å². The summed E-state index contributed by atoms with van der Waals surface area (Å²) < 4.78 is 0. The quantitative estimate of drug-likeness (QED) is 0.622. The fourth-order valence-electron chi connectivity index (χ4n) is 2.48. The summed E-state index contributed by atoms with van der Waals surface area (Å²) in [6.07, 6.45) is 1.25. The zero-order valence-electron chi connectivity index (χ0n) is 9.17. The van der Waals surface area contributed by atoms with E-state index in [1.807, 2.05) is 0 Å². The summed E-state index contributed by atoms with van der Waals surface area (Å²) in [6.45, 7) is 11.7. The van der Waals surface area contributed by atoms with Crippen LogP contribution in [0.1, 0.15) is 41.0 Å². The van der Waals surface area contributed by atoms with Crippen LogP contribution in [-0.4, -0.2) is 5.75 Å². The van der Waals surface area contributed by atoms with Crippen molar-refractivity contribution in [3.05, 3.63) is 0 Å². The van der Waals surface area contributed by atoms with Crippen LogP contribution in [0.4, 0.5) is 0 Å². The van der Waals surface area contributed by atoms with Crippen LogP contribution in [0, 0.1) is 23.7 Å². The molecule has 0 aromatic heterocycles. The van der Waals surface area contributed by atoms with Gasteiger partial charge in [0.1, 0.15) is 0 Å². The Hall–Kier alpha value is 0.350. The SMILES string of the molecule is CC(C)C(C(C)C)C(C)CCS. The summed E-state index contributed by atoms with van der Waals surface area (Å²) in [5.41, 5.74) is 0. The van der Waals surface area contributed by atoms with E-state index in [9.17, 15) is 0 Å². The standard InChI is InChI=1S/C11H24S/c1-8(2)11(9(3)4)10(5)6-7-12/h8-12H,6-7H2,1-5H3. The molecule has 12 heavy (non-hydrogen) atoms. The molecule has 0 nitrogen and oxygen atoms in total. The predicted octanol–water partition coefficient (Wildman–Crippen LogP) is 3.87. The van der Waals surface area contributed by atoms with Crippen LogP contribution in [0.25, 0.3) is 0 Å². The van der Waals surface area contributed by atoms with Crippen molar-refractivity contribution in [3.63, 3.8) is 0 Å². The van der Waals surface area contributed by atoms with Crippen molar-refractivity contribution in [2.45, 2.75) is 41.0 Å². The van der Waals surface area contributed by atoms with Crippen LogP contribution in [-0.2, 0) is 0 Å². The first kappa shape index (κ1) is 12.3. The molecule has 0 saturated heterocycles. The normalized spacial score (nSPS) is 14.8. The minimum absolute atomic E-state index is 0.805. The third-order valence-corrected chi connectivity index (χ3v) is 3.04. The second kappa shape index (κ2) is 5.90. The lowest BCUT2D eigenvalue weighted by molar-refractivity contribution is 0.195. The van der Waals surface area contributed by atoms with Crippen LogP contribution in [0.3, 0.4) is 0 Å². The van der Waals surface area contributed by atoms with E-state index in [2.05, 4.69) is 47.2 Å². The van der Waals surface area contributed by atoms with E-state index in [1.54, 1.807) is 0 Å². The molecule has 1 heteroatoms. The van der Waals surface area contributed by atoms with Crippen LogP contribution in [0.5, 0.6) is 0 Å². The summed E-state index contributed by atoms with van der Waals surface area (Å²) >= 11 is 4.29. The van der Waals surface area contributed by atoms with Gasteiger partial charge in [0.05, 0.1) is 0 Å². The maximum absolute atomic E-state index is 4.29. The maximum Gasteiger partial charge on any atom is -0.00953 e. The molecular weight excluding hydrogens is 164 g/mol. The lowest BCUT2D eigenvalue weighted by atomic mass is 9.76. The molecule has 0 amide bonds. The highest BCUT2D eigenvalue weighted by molar-refractivity contribution is 7.80. The molecule has 0 N–H and O–H groups in total. The Kier molecular flexibility index (Phi) is 6.08. The molecule has 0 spiro atoms. The minimum atomic E-state index is 0.805. The van der Waals surface area contributed by atoms with Gasteiger partial charge in [0, 0.05) is 0 Å². The minimum Gasteiger partial charge on any atom is -0.179 e. The fraction of sp³-hybridized carbons (Fsp3) is 1.00. The Balaban J connectivity index is 4.09. The van der Waals surface area contributed by atoms with E-state index in [0.29, 0.717) is 0 Å². The van der Waals surface area contributed by atoms with Gasteiger partial charge in [0.15, 0.2) is 0 Å². The largest absolute Gasteiger partial charge is 0.179 e. The third-order valence-electron chi connectivity index (χ3n) is 2.78. The van der Waals surface area contributed by atoms with E-state index in [0.717, 1.165) is 29.4 Å². The van der Waals surface area contributed by atoms with Gasteiger partial charge in [-0.05, 0) is 35.8 Å². The summed E-state index contributed by atoms with van der Waals surface area (Å²) in [6, 6.07) is 0. The smallest absolute Gasteiger partial charge is 0.00953 e. The van der Waals surface area contributed by atoms with Gasteiger partial charge in [0.25, 0.3) is 0 Å². The fourth-order valence-corrected chi connectivity index (χ4v) is 2.89. The Morgan fingerprint density at radius 2 is 1.33 bits per heavy atom. The average molecular weight is 188 g/mol. The highest BCUT2D eigenvalue weighted by Gasteiger charge is 2.22. The van der Waals surface area contributed by atoms with Gasteiger partial charge in [-0.2, -0.15) is 12.6 Å². The van der Waals surface area contributed by atoms with E-state index in [-0.39, 0.29) is 0 Å². The molecule has 0 aromatic carbocycles. The van der Waals surface area contributed by atoms with Crippen LogP contribution >= 0.6 is 12.6 Å². The molecule has 0 aromatic rings. The van der Waals surface area contributed by atoms with Gasteiger partial charge in [-0.1, -0.05) is 34.6 Å². The zero-order chi connectivity index (χ0) is 9.72. The summed E-state index contributed by atoms with van der Waals surface area (Å²) in [7, 11) is 0. The first-order valence-corrected chi connectivity index (χ1v) is 5.74. The maximum atomic E-state index is 4.29. The van der Waals surface area contributed by atoms with E-state index < -0.39 is 0 Å². The molecule has 0 aliphatic rings. The second-order valence-corrected chi connectivity index (χ2v) is 5.00. The van der Waals surface area contributed by atoms with E-state index in [4.69, 9.17) is 0 Å². The van der Waals surface area contributed by atoms with Crippen molar-refractivity contribution < 1.29 is 0 Å². The summed E-state index contributed by atoms with van der Waals surface area (Å²) in [5.74, 6) is 4.32. The van der Waals surface area contributed by atoms with E-state index >= 15 is 0 Å². The zero-order valence-corrected chi connectivity index (χ0v) is 10.1. The van der Waals surface area contributed by atoms with Crippen LogP contribution in [0.15, 0.2) is 0 Å². The second-order valence-electron chi connectivity index (χ2n) is 4.55. The summed E-state index contributed by atoms with van der Waals surface area (Å²) in [5, 5.41) is 0. The molecule has 0 heterocycles. The van der Waals surface area contributed by atoms with Crippen molar-refractivity contribution in [3.8, 4) is 0 Å². The predicted molar refractivity (Wildman–Crippen MR) is 60.8 cm³/mol. The van der Waals surface area contributed by atoms with Gasteiger partial charge >= 0.3 is 0 Å². The van der Waals surface area contributed by atoms with Crippen molar-refractivity contribution in [2.24, 2.45) is 23.7 Å². The molecule has 0 aliphatic carbocycles. The molecule has 0 aliphatic heterocycles. The van der Waals surface area contributed by atoms with Gasteiger partial charge in [-0.15, -0.1) is 0 Å². The van der Waals surface area contributed by atoms with Crippen molar-refractivity contribution in [1.29, 1.82) is 0 Å². The van der Waals surface area contributed by atoms with Crippen molar-refractivity contribution in [1.82, 2.24) is 0 Å². The monoisotopic (exact) mass is 188 g/mol. The Morgan fingerprint density at radius 3 is 1.58 bits per heavy atom. The van der Waals surface area contributed by atoms with E-state index in [1.165, 1.54) is 6.42 Å². The Morgan fingerprint density at radius 1 is 0.917 bits per heavy atom. The highest BCUT2D eigenvalue weighted by atomic mass is 32.1. The first-order chi connectivity index (χ1) is 5.50.